The van der Waals surface area contributed by atoms with E-state index in [9.17, 15) is 14.7 Å². The van der Waals surface area contributed by atoms with Crippen LogP contribution in [0.15, 0.2) is 18.2 Å². The van der Waals surface area contributed by atoms with Gasteiger partial charge in [-0.25, -0.2) is 9.59 Å². The van der Waals surface area contributed by atoms with E-state index in [1.165, 1.54) is 5.56 Å². The Morgan fingerprint density at radius 2 is 1.97 bits per heavy atom. The van der Waals surface area contributed by atoms with Gasteiger partial charge in [0.15, 0.2) is 6.61 Å². The summed E-state index contributed by atoms with van der Waals surface area (Å²) in [6.45, 7) is 4.45. The highest BCUT2D eigenvalue weighted by atomic mass is 16.6. The molecule has 0 heterocycles. The van der Waals surface area contributed by atoms with Crippen molar-refractivity contribution in [1.82, 2.24) is 5.32 Å². The summed E-state index contributed by atoms with van der Waals surface area (Å²) in [6, 6.07) is 5.85. The molecule has 190 valence electrons. The van der Waals surface area contributed by atoms with Gasteiger partial charge in [0.1, 0.15) is 11.9 Å². The molecule has 34 heavy (non-hydrogen) atoms. The highest BCUT2D eigenvalue weighted by molar-refractivity contribution is 5.68. The first-order valence-corrected chi connectivity index (χ1v) is 13.0. The Kier molecular flexibility index (Phi) is 10.1. The molecule has 2 aliphatic carbocycles. The molecule has 1 aromatic rings. The summed E-state index contributed by atoms with van der Waals surface area (Å²) >= 11 is 0. The molecular formula is C27H41NO6. The number of nitrogens with one attached hydrogen (secondary N) is 1. The van der Waals surface area contributed by atoms with Gasteiger partial charge in [0.25, 0.3) is 0 Å². The quantitative estimate of drug-likeness (QED) is 0.356. The third-order valence-electron chi connectivity index (χ3n) is 7.44. The first kappa shape index (κ1) is 26.3. The molecular weight excluding hydrogens is 434 g/mol. The fraction of sp³-hybridized carbons (Fsp3) is 0.704. The van der Waals surface area contributed by atoms with E-state index in [-0.39, 0.29) is 30.8 Å². The molecule has 1 saturated carbocycles. The fourth-order valence-corrected chi connectivity index (χ4v) is 5.76. The van der Waals surface area contributed by atoms with Crippen LogP contribution in [0.5, 0.6) is 5.75 Å². The minimum absolute atomic E-state index is 0.124. The molecule has 1 amide bonds. The van der Waals surface area contributed by atoms with Gasteiger partial charge in [-0.1, -0.05) is 38.8 Å². The maximum Gasteiger partial charge on any atom is 0.407 e. The Morgan fingerprint density at radius 1 is 1.15 bits per heavy atom. The molecule has 0 bridgehead atoms. The summed E-state index contributed by atoms with van der Waals surface area (Å²) < 4.78 is 11.3. The van der Waals surface area contributed by atoms with Crippen molar-refractivity contribution in [3.8, 4) is 5.75 Å². The van der Waals surface area contributed by atoms with E-state index in [1.807, 2.05) is 19.1 Å². The molecule has 0 saturated heterocycles. The average Bonchev–Trinajstić information content (AvgIpc) is 3.12. The largest absolute Gasteiger partial charge is 0.482 e. The summed E-state index contributed by atoms with van der Waals surface area (Å²) in [5, 5.41) is 22.7. The van der Waals surface area contributed by atoms with Crippen LogP contribution in [0.3, 0.4) is 0 Å². The van der Waals surface area contributed by atoms with Crippen LogP contribution in [0.25, 0.3) is 0 Å². The maximum absolute atomic E-state index is 12.2. The predicted octanol–water partition coefficient (Wildman–Crippen LogP) is 4.73. The lowest BCUT2D eigenvalue weighted by Gasteiger charge is -2.32. The third-order valence-corrected chi connectivity index (χ3v) is 7.44. The van der Waals surface area contributed by atoms with Crippen molar-refractivity contribution in [3.05, 3.63) is 29.3 Å². The second-order valence-electron chi connectivity index (χ2n) is 9.90. The number of aliphatic hydroxyl groups is 1. The Hall–Kier alpha value is -2.28. The zero-order valence-corrected chi connectivity index (χ0v) is 20.6. The maximum atomic E-state index is 12.2. The predicted molar refractivity (Wildman–Crippen MR) is 130 cm³/mol. The van der Waals surface area contributed by atoms with Crippen LogP contribution in [-0.4, -0.2) is 47.6 Å². The highest BCUT2D eigenvalue weighted by Crippen LogP contribution is 2.48. The molecule has 0 radical (unpaired) electrons. The zero-order valence-electron chi connectivity index (χ0n) is 20.6. The van der Waals surface area contributed by atoms with E-state index in [2.05, 4.69) is 18.3 Å². The minimum Gasteiger partial charge on any atom is -0.482 e. The van der Waals surface area contributed by atoms with E-state index in [0.717, 1.165) is 69.8 Å². The number of unbranched alkanes of at least 4 members (excludes halogenated alkanes) is 2. The smallest absolute Gasteiger partial charge is 0.407 e. The Labute approximate surface area is 203 Å². The van der Waals surface area contributed by atoms with Crippen LogP contribution in [0.2, 0.25) is 0 Å². The Balaban J connectivity index is 1.63. The number of ether oxygens (including phenoxy) is 2. The molecule has 7 heteroatoms. The van der Waals surface area contributed by atoms with Gasteiger partial charge in [0.2, 0.25) is 0 Å². The standard InChI is InChI=1S/C27H41NO6/c1-3-5-6-9-20(34-27(32)28-13-4-2)11-12-21-22-14-18-8-7-10-25(33-17-26(30)31)23(18)15-19(22)16-24(21)29/h7-8,10,19-22,24,29H,3-6,9,11-17H2,1-2H3,(H,28,32)(H,30,31)/t19-,20-,21+,22-,24+/m0/s1. The number of aliphatic carboxylic acids is 1. The summed E-state index contributed by atoms with van der Waals surface area (Å²) in [5.74, 6) is 0.579. The van der Waals surface area contributed by atoms with Crippen LogP contribution in [0.4, 0.5) is 4.79 Å². The molecule has 0 aliphatic heterocycles. The molecule has 1 fully saturated rings. The lowest BCUT2D eigenvalue weighted by Crippen LogP contribution is -2.31. The number of carbonyl (C=O) groups excluding carboxylic acids is 1. The number of aliphatic hydroxyl groups excluding tert-OH is 1. The number of carboxylic acids is 1. The molecule has 5 atom stereocenters. The van der Waals surface area contributed by atoms with Gasteiger partial charge >= 0.3 is 12.1 Å². The number of carbonyl (C=O) groups is 2. The topological polar surface area (TPSA) is 105 Å². The molecule has 3 rings (SSSR count). The number of hydrogen-bond acceptors (Lipinski definition) is 5. The number of amides is 1. The Morgan fingerprint density at radius 3 is 2.71 bits per heavy atom. The molecule has 0 aromatic heterocycles. The van der Waals surface area contributed by atoms with Crippen molar-refractivity contribution in [2.75, 3.05) is 13.2 Å². The third kappa shape index (κ3) is 7.11. The summed E-state index contributed by atoms with van der Waals surface area (Å²) in [4.78, 5) is 23.1. The van der Waals surface area contributed by atoms with Crippen molar-refractivity contribution in [3.63, 3.8) is 0 Å². The SMILES string of the molecule is CCCCC[C@@H](CC[C@@H]1[C@H]2Cc3cccc(OCC(=O)O)c3C[C@H]2C[C@H]1O)OC(=O)NCCC. The van der Waals surface area contributed by atoms with Crippen molar-refractivity contribution >= 4 is 12.1 Å². The monoisotopic (exact) mass is 475 g/mol. The number of carboxylic acid groups (broad SMARTS) is 1. The number of benzene rings is 1. The van der Waals surface area contributed by atoms with E-state index in [4.69, 9.17) is 14.6 Å². The second kappa shape index (κ2) is 13.0. The van der Waals surface area contributed by atoms with E-state index < -0.39 is 5.97 Å². The van der Waals surface area contributed by atoms with E-state index in [1.54, 1.807) is 0 Å². The number of fused-ring (bicyclic) bond motifs is 2. The molecule has 1 aromatic carbocycles. The second-order valence-corrected chi connectivity index (χ2v) is 9.90. The molecule has 0 unspecified atom stereocenters. The summed E-state index contributed by atoms with van der Waals surface area (Å²) in [5.41, 5.74) is 2.28. The van der Waals surface area contributed by atoms with Crippen LogP contribution >= 0.6 is 0 Å². The fourth-order valence-electron chi connectivity index (χ4n) is 5.76. The van der Waals surface area contributed by atoms with Crippen molar-refractivity contribution in [1.29, 1.82) is 0 Å². The van der Waals surface area contributed by atoms with Gasteiger partial charge in [-0.05, 0) is 86.3 Å². The number of alkyl carbamates (subject to hydrolysis) is 1. The van der Waals surface area contributed by atoms with Crippen molar-refractivity contribution in [2.24, 2.45) is 17.8 Å². The number of hydrogen-bond donors (Lipinski definition) is 3. The Bertz CT molecular complexity index is 812. The van der Waals surface area contributed by atoms with Crippen LogP contribution in [-0.2, 0) is 22.4 Å². The highest BCUT2D eigenvalue weighted by Gasteiger charge is 2.45. The molecule has 7 nitrogen and oxygen atoms in total. The summed E-state index contributed by atoms with van der Waals surface area (Å²) in [6.07, 6.45) is 8.21. The van der Waals surface area contributed by atoms with E-state index in [0.29, 0.717) is 24.1 Å². The molecule has 3 N–H and O–H groups in total. The average molecular weight is 476 g/mol. The number of rotatable bonds is 13. The lowest BCUT2D eigenvalue weighted by molar-refractivity contribution is -0.139. The van der Waals surface area contributed by atoms with Gasteiger partial charge in [0.05, 0.1) is 6.10 Å². The molecule has 2 aliphatic rings. The lowest BCUT2D eigenvalue weighted by atomic mass is 9.73. The van der Waals surface area contributed by atoms with Crippen LogP contribution in [0, 0.1) is 17.8 Å². The van der Waals surface area contributed by atoms with Crippen LogP contribution in [0.1, 0.15) is 76.3 Å². The van der Waals surface area contributed by atoms with Crippen LogP contribution < -0.4 is 10.1 Å². The normalized spacial score (nSPS) is 24.1. The van der Waals surface area contributed by atoms with Gasteiger partial charge in [-0.3, -0.25) is 0 Å². The molecule has 0 spiro atoms. The summed E-state index contributed by atoms with van der Waals surface area (Å²) in [7, 11) is 0. The van der Waals surface area contributed by atoms with Gasteiger partial charge in [0, 0.05) is 6.54 Å². The van der Waals surface area contributed by atoms with E-state index >= 15 is 0 Å². The van der Waals surface area contributed by atoms with Gasteiger partial charge < -0.3 is 25.0 Å². The van der Waals surface area contributed by atoms with Crippen molar-refractivity contribution in [2.45, 2.75) is 90.3 Å². The first-order chi connectivity index (χ1) is 16.4. The minimum atomic E-state index is -0.985. The zero-order chi connectivity index (χ0) is 24.5. The van der Waals surface area contributed by atoms with Gasteiger partial charge in [-0.2, -0.15) is 0 Å². The van der Waals surface area contributed by atoms with Gasteiger partial charge in [-0.15, -0.1) is 0 Å². The first-order valence-electron chi connectivity index (χ1n) is 13.0. The van der Waals surface area contributed by atoms with Crippen molar-refractivity contribution < 1.29 is 29.3 Å².